The highest BCUT2D eigenvalue weighted by Gasteiger charge is 2.27. The lowest BCUT2D eigenvalue weighted by molar-refractivity contribution is 0.494. The van der Waals surface area contributed by atoms with Crippen molar-refractivity contribution in [2.45, 2.75) is 19.3 Å². The first-order chi connectivity index (χ1) is 10.8. The Balaban J connectivity index is 0.000000202. The fourth-order valence-corrected chi connectivity index (χ4v) is 2.77. The average Bonchev–Trinajstić information content (AvgIpc) is 3.00. The summed E-state index contributed by atoms with van der Waals surface area (Å²) in [5.41, 5.74) is 4.78. The second kappa shape index (κ2) is 6.48. The monoisotopic (exact) mass is 287 g/mol. The van der Waals surface area contributed by atoms with Gasteiger partial charge in [-0.25, -0.2) is 0 Å². The van der Waals surface area contributed by atoms with E-state index >= 15 is 0 Å². The zero-order valence-electron chi connectivity index (χ0n) is 12.7. The van der Waals surface area contributed by atoms with E-state index in [1.54, 1.807) is 0 Å². The molecule has 1 heteroatoms. The van der Waals surface area contributed by atoms with Gasteiger partial charge in [0.25, 0.3) is 0 Å². The summed E-state index contributed by atoms with van der Waals surface area (Å²) in [5, 5.41) is 9.36. The van der Waals surface area contributed by atoms with Crippen molar-refractivity contribution in [1.82, 2.24) is 0 Å². The topological polar surface area (TPSA) is 20.2 Å². The third kappa shape index (κ3) is 3.04. The Morgan fingerprint density at radius 2 is 1.45 bits per heavy atom. The molecule has 1 nitrogen and oxygen atoms in total. The molecule has 0 spiro atoms. The number of aromatic hydroxyl groups is 1. The fraction of sp³-hybridized carbons (Fsp3) is 0.143. The van der Waals surface area contributed by atoms with Crippen molar-refractivity contribution >= 4 is 0 Å². The molecule has 0 saturated carbocycles. The largest absolute Gasteiger partial charge is 0.507 e. The van der Waals surface area contributed by atoms with Crippen LogP contribution in [0.5, 0.6) is 5.75 Å². The third-order valence-corrected chi connectivity index (χ3v) is 3.98. The number of fused-ring (bicyclic) bond motifs is 1. The Hall–Kier alpha value is -2.54. The van der Waals surface area contributed by atoms with E-state index in [1.165, 1.54) is 11.1 Å². The maximum absolute atomic E-state index is 9.36. The van der Waals surface area contributed by atoms with Gasteiger partial charge in [0.15, 0.2) is 0 Å². The van der Waals surface area contributed by atoms with Gasteiger partial charge in [-0.1, -0.05) is 67.6 Å². The van der Waals surface area contributed by atoms with Crippen molar-refractivity contribution < 1.29 is 5.11 Å². The maximum atomic E-state index is 9.36. The van der Waals surface area contributed by atoms with Crippen molar-refractivity contribution in [1.29, 1.82) is 0 Å². The Morgan fingerprint density at radius 1 is 0.864 bits per heavy atom. The molecular weight excluding hydrogens is 268 g/mol. The van der Waals surface area contributed by atoms with Gasteiger partial charge in [0.2, 0.25) is 0 Å². The smallest absolute Gasteiger partial charge is 0.131 e. The van der Waals surface area contributed by atoms with E-state index in [9.17, 15) is 5.11 Å². The van der Waals surface area contributed by atoms with E-state index < -0.39 is 0 Å². The summed E-state index contributed by atoms with van der Waals surface area (Å²) >= 11 is 0. The number of hydrogen-bond donors (Lipinski definition) is 1. The van der Waals surface area contributed by atoms with Crippen molar-refractivity contribution in [3.8, 4) is 16.9 Å². The highest BCUT2D eigenvalue weighted by atomic mass is 16.3. The van der Waals surface area contributed by atoms with E-state index in [4.69, 9.17) is 0 Å². The Morgan fingerprint density at radius 3 is 1.91 bits per heavy atom. The fourth-order valence-electron chi connectivity index (χ4n) is 2.77. The van der Waals surface area contributed by atoms with Crippen molar-refractivity contribution in [2.24, 2.45) is 0 Å². The summed E-state index contributed by atoms with van der Waals surface area (Å²) in [4.78, 5) is 0. The highest BCUT2D eigenvalue weighted by Crippen LogP contribution is 2.53. The summed E-state index contributed by atoms with van der Waals surface area (Å²) in [5.74, 6) is 0.952. The second-order valence-electron chi connectivity index (χ2n) is 5.41. The first-order valence-electron chi connectivity index (χ1n) is 7.64. The SMILES string of the molecule is CCC(c1ccccc1)c1cc2c(O)c-2c1.[c]1ccccc1. The first-order valence-corrected chi connectivity index (χ1v) is 7.64. The van der Waals surface area contributed by atoms with Crippen LogP contribution in [0.3, 0.4) is 0 Å². The predicted molar refractivity (Wildman–Crippen MR) is 91.0 cm³/mol. The molecule has 0 aliphatic heterocycles. The van der Waals surface area contributed by atoms with Gasteiger partial charge < -0.3 is 5.11 Å². The number of benzene rings is 3. The van der Waals surface area contributed by atoms with E-state index in [2.05, 4.69) is 49.4 Å². The molecule has 0 heterocycles. The second-order valence-corrected chi connectivity index (χ2v) is 5.41. The molecule has 4 rings (SSSR count). The lowest BCUT2D eigenvalue weighted by Crippen LogP contribution is -1.97. The molecule has 0 fully saturated rings. The normalized spacial score (nSPS) is 12.0. The number of phenols is 1. The van der Waals surface area contributed by atoms with E-state index in [-0.39, 0.29) is 0 Å². The summed E-state index contributed by atoms with van der Waals surface area (Å²) < 4.78 is 0. The molecule has 2 aromatic rings. The standard InChI is InChI=1S/C15H14O.C6H5/c1-2-12(10-6-4-3-5-7-10)11-8-13-14(9-11)15(13)16;1-2-4-6-5-3-1/h3-9,12,16H,2H2,1H3;1-5H. The zero-order chi connectivity index (χ0) is 15.4. The lowest BCUT2D eigenvalue weighted by atomic mass is 9.91. The number of rotatable bonds is 3. The van der Waals surface area contributed by atoms with Crippen LogP contribution in [0.1, 0.15) is 30.4 Å². The maximum Gasteiger partial charge on any atom is 0.131 e. The minimum atomic E-state index is 0.460. The molecule has 0 saturated heterocycles. The van der Waals surface area contributed by atoms with Gasteiger partial charge in [-0.05, 0) is 35.7 Å². The van der Waals surface area contributed by atoms with E-state index in [0.717, 1.165) is 17.5 Å². The molecule has 0 amide bonds. The Labute approximate surface area is 131 Å². The van der Waals surface area contributed by atoms with Gasteiger partial charge in [-0.15, -0.1) is 0 Å². The molecule has 1 radical (unpaired) electrons. The molecule has 0 aromatic heterocycles. The molecule has 0 bridgehead atoms. The minimum absolute atomic E-state index is 0.460. The van der Waals surface area contributed by atoms with Crippen LogP contribution in [0.2, 0.25) is 0 Å². The quantitative estimate of drug-likeness (QED) is 0.535. The van der Waals surface area contributed by atoms with Gasteiger partial charge in [-0.3, -0.25) is 0 Å². The van der Waals surface area contributed by atoms with E-state index in [0.29, 0.717) is 11.7 Å². The molecule has 2 aliphatic rings. The molecule has 2 aliphatic carbocycles. The van der Waals surface area contributed by atoms with Crippen LogP contribution in [0.4, 0.5) is 0 Å². The lowest BCUT2D eigenvalue weighted by Gasteiger charge is -2.14. The number of hydrogen-bond acceptors (Lipinski definition) is 1. The van der Waals surface area contributed by atoms with Crippen molar-refractivity contribution in [3.05, 3.63) is 90.0 Å². The molecule has 2 aromatic carbocycles. The molecule has 1 unspecified atom stereocenters. The molecular formula is C21H19O. The van der Waals surface area contributed by atoms with Crippen LogP contribution in [-0.4, -0.2) is 5.11 Å². The van der Waals surface area contributed by atoms with Gasteiger partial charge in [0.1, 0.15) is 5.75 Å². The van der Waals surface area contributed by atoms with Crippen LogP contribution in [0, 0.1) is 6.07 Å². The third-order valence-electron chi connectivity index (χ3n) is 3.98. The van der Waals surface area contributed by atoms with Gasteiger partial charge >= 0.3 is 0 Å². The van der Waals surface area contributed by atoms with E-state index in [1.807, 2.05) is 36.4 Å². The Kier molecular flexibility index (Phi) is 4.24. The van der Waals surface area contributed by atoms with Crippen molar-refractivity contribution in [3.63, 3.8) is 0 Å². The van der Waals surface area contributed by atoms with Gasteiger partial charge in [-0.2, -0.15) is 0 Å². The average molecular weight is 287 g/mol. The highest BCUT2D eigenvalue weighted by molar-refractivity contribution is 5.95. The van der Waals surface area contributed by atoms with Crippen LogP contribution < -0.4 is 0 Å². The summed E-state index contributed by atoms with van der Waals surface area (Å²) in [6.45, 7) is 2.20. The van der Waals surface area contributed by atoms with Crippen LogP contribution in [-0.2, 0) is 0 Å². The summed E-state index contributed by atoms with van der Waals surface area (Å²) in [6, 6.07) is 27.3. The number of phenolic OH excluding ortho intramolecular Hbond substituents is 1. The minimum Gasteiger partial charge on any atom is -0.507 e. The van der Waals surface area contributed by atoms with Crippen LogP contribution >= 0.6 is 0 Å². The Bertz CT molecular complexity index is 683. The first kappa shape index (κ1) is 14.4. The van der Waals surface area contributed by atoms with Crippen LogP contribution in [0.25, 0.3) is 11.1 Å². The van der Waals surface area contributed by atoms with Gasteiger partial charge in [0.05, 0.1) is 0 Å². The molecule has 22 heavy (non-hydrogen) atoms. The van der Waals surface area contributed by atoms with Crippen molar-refractivity contribution in [2.75, 3.05) is 0 Å². The zero-order valence-corrected chi connectivity index (χ0v) is 12.7. The molecule has 1 atom stereocenters. The molecule has 109 valence electrons. The summed E-state index contributed by atoms with van der Waals surface area (Å²) in [6.07, 6.45) is 1.09. The summed E-state index contributed by atoms with van der Waals surface area (Å²) in [7, 11) is 0. The predicted octanol–water partition coefficient (Wildman–Crippen LogP) is 5.40. The molecule has 1 N–H and O–H groups in total. The van der Waals surface area contributed by atoms with Gasteiger partial charge in [0, 0.05) is 17.0 Å². The van der Waals surface area contributed by atoms with Crippen LogP contribution in [0.15, 0.2) is 72.8 Å².